The van der Waals surface area contributed by atoms with Gasteiger partial charge in [-0.25, -0.2) is 4.98 Å². The number of para-hydroxylation sites is 1. The molecule has 126 valence electrons. The van der Waals surface area contributed by atoms with E-state index in [-0.39, 0.29) is 24.8 Å². The van der Waals surface area contributed by atoms with Gasteiger partial charge in [0.2, 0.25) is 5.91 Å². The minimum absolute atomic E-state index is 0.0261. The molecule has 1 amide bonds. The second kappa shape index (κ2) is 6.74. The number of hydrogen-bond donors (Lipinski definition) is 1. The van der Waals surface area contributed by atoms with Gasteiger partial charge in [-0.15, -0.1) is 0 Å². The van der Waals surface area contributed by atoms with Crippen LogP contribution in [0.1, 0.15) is 30.3 Å². The summed E-state index contributed by atoms with van der Waals surface area (Å²) in [6, 6.07) is 7.36. The van der Waals surface area contributed by atoms with Crippen molar-refractivity contribution in [3.8, 4) is 5.75 Å². The monoisotopic (exact) mass is 329 g/mol. The number of carbonyl (C=O) groups excluding carboxylic acids is 1. The highest BCUT2D eigenvalue weighted by Gasteiger charge is 2.32. The van der Waals surface area contributed by atoms with E-state index in [1.54, 1.807) is 18.2 Å². The number of imidazole rings is 1. The van der Waals surface area contributed by atoms with Gasteiger partial charge in [0.05, 0.1) is 26.1 Å². The van der Waals surface area contributed by atoms with Crippen LogP contribution in [-0.4, -0.2) is 38.5 Å². The largest absolute Gasteiger partial charge is 0.496 e. The third-order valence-electron chi connectivity index (χ3n) is 4.23. The van der Waals surface area contributed by atoms with E-state index >= 15 is 0 Å². The Balaban J connectivity index is 1.94. The van der Waals surface area contributed by atoms with Gasteiger partial charge in [0, 0.05) is 30.9 Å². The van der Waals surface area contributed by atoms with E-state index in [0.717, 1.165) is 11.4 Å². The highest BCUT2D eigenvalue weighted by molar-refractivity contribution is 5.81. The maximum atomic E-state index is 12.6. The smallest absolute Gasteiger partial charge is 0.303 e. The second-order valence-corrected chi connectivity index (χ2v) is 5.67. The molecule has 2 aromatic rings. The molecule has 2 heterocycles. The number of carbonyl (C=O) groups is 2. The van der Waals surface area contributed by atoms with Gasteiger partial charge in [-0.2, -0.15) is 0 Å². The molecule has 24 heavy (non-hydrogen) atoms. The number of hydrogen-bond acceptors (Lipinski definition) is 4. The fourth-order valence-corrected chi connectivity index (χ4v) is 3.03. The van der Waals surface area contributed by atoms with Gasteiger partial charge in [-0.1, -0.05) is 18.2 Å². The second-order valence-electron chi connectivity index (χ2n) is 5.67. The Hall–Kier alpha value is -2.83. The lowest BCUT2D eigenvalue weighted by atomic mass is 10.0. The van der Waals surface area contributed by atoms with Crippen molar-refractivity contribution in [3.05, 3.63) is 48.0 Å². The minimum atomic E-state index is -0.976. The fraction of sp³-hybridized carbons (Fsp3) is 0.353. The Morgan fingerprint density at radius 1 is 1.33 bits per heavy atom. The molecule has 0 fully saturated rings. The molecule has 0 bridgehead atoms. The van der Waals surface area contributed by atoms with E-state index in [9.17, 15) is 9.59 Å². The molecular formula is C17H19N3O4. The number of nitrogens with zero attached hydrogens (tertiary/aromatic N) is 3. The topological polar surface area (TPSA) is 84.7 Å². The first-order chi connectivity index (χ1) is 11.6. The lowest BCUT2D eigenvalue weighted by molar-refractivity contribution is -0.142. The summed E-state index contributed by atoms with van der Waals surface area (Å²) in [4.78, 5) is 29.4. The van der Waals surface area contributed by atoms with Crippen LogP contribution in [0.25, 0.3) is 0 Å². The summed E-state index contributed by atoms with van der Waals surface area (Å²) in [6.07, 6.45) is 3.39. The van der Waals surface area contributed by atoms with E-state index in [4.69, 9.17) is 9.84 Å². The number of carboxylic acids is 1. The number of methoxy groups -OCH3 is 1. The number of fused-ring (bicyclic) bond motifs is 1. The van der Waals surface area contributed by atoms with E-state index in [0.29, 0.717) is 18.8 Å². The number of amides is 1. The molecule has 0 unspecified atom stereocenters. The van der Waals surface area contributed by atoms with E-state index < -0.39 is 5.97 Å². The number of ether oxygens (including phenoxy) is 1. The molecule has 7 heteroatoms. The third kappa shape index (κ3) is 3.10. The van der Waals surface area contributed by atoms with Crippen LogP contribution >= 0.6 is 0 Å². The maximum absolute atomic E-state index is 12.6. The molecule has 1 aromatic carbocycles. The highest BCUT2D eigenvalue weighted by Crippen LogP contribution is 2.34. The molecule has 1 N–H and O–H groups in total. The first-order valence-corrected chi connectivity index (χ1v) is 7.74. The minimum Gasteiger partial charge on any atom is -0.496 e. The summed E-state index contributed by atoms with van der Waals surface area (Å²) in [7, 11) is 1.60. The molecule has 1 aromatic heterocycles. The first-order valence-electron chi connectivity index (χ1n) is 7.74. The zero-order chi connectivity index (χ0) is 17.1. The molecule has 7 nitrogen and oxygen atoms in total. The van der Waals surface area contributed by atoms with E-state index in [2.05, 4.69) is 4.98 Å². The first kappa shape index (κ1) is 16.0. The van der Waals surface area contributed by atoms with Crippen LogP contribution in [0.2, 0.25) is 0 Å². The highest BCUT2D eigenvalue weighted by atomic mass is 16.5. The third-order valence-corrected chi connectivity index (χ3v) is 4.23. The van der Waals surface area contributed by atoms with Gasteiger partial charge in [0.1, 0.15) is 11.6 Å². The van der Waals surface area contributed by atoms with Gasteiger partial charge < -0.3 is 19.3 Å². The quantitative estimate of drug-likeness (QED) is 0.905. The number of aromatic nitrogens is 2. The van der Waals surface area contributed by atoms with Crippen LogP contribution in [0.3, 0.4) is 0 Å². The molecule has 0 saturated carbocycles. The van der Waals surface area contributed by atoms with Crippen molar-refractivity contribution in [1.29, 1.82) is 0 Å². The van der Waals surface area contributed by atoms with Crippen LogP contribution < -0.4 is 4.74 Å². The Morgan fingerprint density at radius 3 is 2.88 bits per heavy atom. The average molecular weight is 329 g/mol. The Kier molecular flexibility index (Phi) is 4.50. The predicted molar refractivity (Wildman–Crippen MR) is 85.4 cm³/mol. The average Bonchev–Trinajstić information content (AvgIpc) is 3.05. The van der Waals surface area contributed by atoms with Crippen molar-refractivity contribution in [3.63, 3.8) is 0 Å². The fourth-order valence-electron chi connectivity index (χ4n) is 3.03. The van der Waals surface area contributed by atoms with Crippen molar-refractivity contribution in [2.45, 2.75) is 32.0 Å². The van der Waals surface area contributed by atoms with Crippen LogP contribution in [-0.2, 0) is 22.7 Å². The Bertz CT molecular complexity index is 756. The summed E-state index contributed by atoms with van der Waals surface area (Å²) >= 11 is 0. The van der Waals surface area contributed by atoms with Crippen LogP contribution in [0.5, 0.6) is 5.75 Å². The molecule has 3 rings (SSSR count). The lowest BCUT2D eigenvalue weighted by Gasteiger charge is -2.37. The van der Waals surface area contributed by atoms with Gasteiger partial charge in [0.25, 0.3) is 0 Å². The molecular weight excluding hydrogens is 310 g/mol. The maximum Gasteiger partial charge on any atom is 0.303 e. The lowest BCUT2D eigenvalue weighted by Crippen LogP contribution is -2.41. The summed E-state index contributed by atoms with van der Waals surface area (Å²) in [5.41, 5.74) is 0.906. The zero-order valence-corrected chi connectivity index (χ0v) is 13.4. The van der Waals surface area contributed by atoms with Crippen molar-refractivity contribution in [2.75, 3.05) is 7.11 Å². The van der Waals surface area contributed by atoms with Crippen molar-refractivity contribution < 1.29 is 19.4 Å². The molecule has 1 aliphatic heterocycles. The standard InChI is InChI=1S/C17H19N3O4/c1-24-14-5-3-2-4-12(14)13-10-19-9-8-18-15(19)11-20(13)16(21)6-7-17(22)23/h2-5,8-9,13H,6-7,10-11H2,1H3,(H,22,23)/t13-/m0/s1. The van der Waals surface area contributed by atoms with Crippen molar-refractivity contribution in [2.24, 2.45) is 0 Å². The summed E-state index contributed by atoms with van der Waals surface area (Å²) in [5.74, 6) is 0.338. The van der Waals surface area contributed by atoms with Crippen LogP contribution in [0.15, 0.2) is 36.7 Å². The number of benzene rings is 1. The van der Waals surface area contributed by atoms with Gasteiger partial charge in [-0.3, -0.25) is 9.59 Å². The summed E-state index contributed by atoms with van der Waals surface area (Å²) < 4.78 is 7.45. The Morgan fingerprint density at radius 2 is 2.12 bits per heavy atom. The normalized spacial score (nSPS) is 16.5. The van der Waals surface area contributed by atoms with Crippen LogP contribution in [0.4, 0.5) is 0 Å². The predicted octanol–water partition coefficient (Wildman–Crippen LogP) is 1.84. The number of aliphatic carboxylic acids is 1. The molecule has 1 atom stereocenters. The summed E-state index contributed by atoms with van der Waals surface area (Å²) in [6.45, 7) is 0.919. The van der Waals surface area contributed by atoms with Crippen molar-refractivity contribution in [1.82, 2.24) is 14.5 Å². The molecule has 0 radical (unpaired) electrons. The van der Waals surface area contributed by atoms with Crippen LogP contribution in [0, 0.1) is 0 Å². The van der Waals surface area contributed by atoms with Gasteiger partial charge in [0.15, 0.2) is 0 Å². The van der Waals surface area contributed by atoms with Gasteiger partial charge in [-0.05, 0) is 6.07 Å². The number of carboxylic acid groups (broad SMARTS) is 1. The SMILES string of the molecule is COc1ccccc1[C@@H]1Cn2ccnc2CN1C(=O)CCC(=O)O. The summed E-state index contributed by atoms with van der Waals surface area (Å²) in [5, 5.41) is 8.84. The molecule has 1 aliphatic rings. The zero-order valence-electron chi connectivity index (χ0n) is 13.4. The van der Waals surface area contributed by atoms with E-state index in [1.165, 1.54) is 0 Å². The Labute approximate surface area is 139 Å². The van der Waals surface area contributed by atoms with Gasteiger partial charge >= 0.3 is 5.97 Å². The van der Waals surface area contributed by atoms with Crippen molar-refractivity contribution >= 4 is 11.9 Å². The molecule has 0 saturated heterocycles. The van der Waals surface area contributed by atoms with E-state index in [1.807, 2.05) is 35.0 Å². The molecule has 0 spiro atoms. The molecule has 0 aliphatic carbocycles. The number of rotatable bonds is 5.